The predicted octanol–water partition coefficient (Wildman–Crippen LogP) is 5.17. The van der Waals surface area contributed by atoms with Crippen molar-refractivity contribution in [1.82, 2.24) is 15.5 Å². The molecule has 0 saturated carbocycles. The van der Waals surface area contributed by atoms with Crippen molar-refractivity contribution in [2.75, 3.05) is 30.7 Å². The minimum absolute atomic E-state index is 0.0391. The Balaban J connectivity index is 1.22. The number of benzene rings is 2. The van der Waals surface area contributed by atoms with E-state index in [-0.39, 0.29) is 27.9 Å². The summed E-state index contributed by atoms with van der Waals surface area (Å²) in [5.74, 6) is 0.104. The van der Waals surface area contributed by atoms with Gasteiger partial charge >= 0.3 is 6.03 Å². The van der Waals surface area contributed by atoms with Crippen molar-refractivity contribution in [3.05, 3.63) is 62.8 Å². The third-order valence-corrected chi connectivity index (χ3v) is 8.47. The summed E-state index contributed by atoms with van der Waals surface area (Å²) >= 11 is 19.6. The van der Waals surface area contributed by atoms with Gasteiger partial charge in [-0.25, -0.2) is 9.18 Å². The zero-order valence-corrected chi connectivity index (χ0v) is 21.3. The number of hydrogen-bond donors (Lipinski definition) is 3. The van der Waals surface area contributed by atoms with Crippen LogP contribution in [0.4, 0.5) is 14.9 Å². The van der Waals surface area contributed by atoms with Crippen LogP contribution >= 0.6 is 46.6 Å². The fourth-order valence-electron chi connectivity index (χ4n) is 4.09. The van der Waals surface area contributed by atoms with Crippen LogP contribution in [0, 0.1) is 5.82 Å². The summed E-state index contributed by atoms with van der Waals surface area (Å²) in [4.78, 5) is 26.8. The van der Waals surface area contributed by atoms with Crippen LogP contribution in [0.15, 0.2) is 36.4 Å². The van der Waals surface area contributed by atoms with Crippen molar-refractivity contribution in [2.24, 2.45) is 0 Å². The Labute approximate surface area is 216 Å². The van der Waals surface area contributed by atoms with Gasteiger partial charge in [-0.05, 0) is 55.2 Å². The molecule has 3 amide bonds. The molecule has 2 aromatic rings. The van der Waals surface area contributed by atoms with Gasteiger partial charge in [0.2, 0.25) is 5.91 Å². The Morgan fingerprint density at radius 3 is 2.59 bits per heavy atom. The lowest BCUT2D eigenvalue weighted by molar-refractivity contribution is -0.122. The molecule has 2 aliphatic heterocycles. The number of carbonyl (C=O) groups is 2. The van der Waals surface area contributed by atoms with Crippen molar-refractivity contribution in [3.63, 3.8) is 0 Å². The van der Waals surface area contributed by atoms with Gasteiger partial charge in [0.1, 0.15) is 5.82 Å². The summed E-state index contributed by atoms with van der Waals surface area (Å²) in [7, 11) is 0. The number of thioether (sulfide) groups is 1. The summed E-state index contributed by atoms with van der Waals surface area (Å²) in [5, 5.41) is 10.4. The number of piperidine rings is 1. The number of likely N-dealkylation sites (tertiary alicyclic amines) is 1. The number of anilines is 1. The maximum absolute atomic E-state index is 13.3. The molecule has 2 heterocycles. The van der Waals surface area contributed by atoms with E-state index in [1.807, 2.05) is 6.07 Å². The quantitative estimate of drug-likeness (QED) is 0.484. The number of carbonyl (C=O) groups excluding carboxylic acids is 2. The molecule has 2 aromatic carbocycles. The van der Waals surface area contributed by atoms with E-state index in [9.17, 15) is 14.0 Å². The van der Waals surface area contributed by atoms with Gasteiger partial charge < -0.3 is 15.5 Å². The highest BCUT2D eigenvalue weighted by Crippen LogP contribution is 2.39. The molecule has 6 nitrogen and oxygen atoms in total. The Morgan fingerprint density at radius 1 is 1.12 bits per heavy atom. The second-order valence-electron chi connectivity index (χ2n) is 8.33. The number of nitrogens with one attached hydrogen (secondary N) is 3. The number of halogens is 4. The standard InChI is InChI=1S/C23H24Cl3FN4O2S/c24-15-2-1-14(17(25)11-15)5-8-28-21(32)20-13-34-23(30-20)6-9-31(10-7-23)22(33)29-16-3-4-19(27)18(26)12-16/h1-4,11-12,20,30H,5-10,13H2,(H,28,32)(H,29,33). The zero-order valence-electron chi connectivity index (χ0n) is 18.2. The minimum Gasteiger partial charge on any atom is -0.354 e. The molecule has 34 heavy (non-hydrogen) atoms. The maximum Gasteiger partial charge on any atom is 0.321 e. The highest BCUT2D eigenvalue weighted by molar-refractivity contribution is 8.01. The fraction of sp³-hybridized carbons (Fsp3) is 0.391. The highest BCUT2D eigenvalue weighted by atomic mass is 35.5. The molecule has 2 saturated heterocycles. The lowest BCUT2D eigenvalue weighted by Gasteiger charge is -2.39. The van der Waals surface area contributed by atoms with Crippen LogP contribution in [0.5, 0.6) is 0 Å². The van der Waals surface area contributed by atoms with Gasteiger partial charge in [-0.3, -0.25) is 10.1 Å². The van der Waals surface area contributed by atoms with Crippen LogP contribution in [0.3, 0.4) is 0 Å². The Hall–Kier alpha value is -1.71. The summed E-state index contributed by atoms with van der Waals surface area (Å²) in [6.07, 6.45) is 2.06. The normalized spacial score (nSPS) is 19.3. The Kier molecular flexibility index (Phi) is 8.15. The van der Waals surface area contributed by atoms with E-state index >= 15 is 0 Å². The lowest BCUT2D eigenvalue weighted by Crippen LogP contribution is -2.55. The van der Waals surface area contributed by atoms with E-state index in [4.69, 9.17) is 34.8 Å². The van der Waals surface area contributed by atoms with E-state index < -0.39 is 5.82 Å². The zero-order chi connectivity index (χ0) is 24.3. The van der Waals surface area contributed by atoms with Gasteiger partial charge in [0.25, 0.3) is 0 Å². The van der Waals surface area contributed by atoms with E-state index in [2.05, 4.69) is 16.0 Å². The van der Waals surface area contributed by atoms with Crippen LogP contribution in [0.2, 0.25) is 15.1 Å². The largest absolute Gasteiger partial charge is 0.354 e. The van der Waals surface area contributed by atoms with Gasteiger partial charge in [0.05, 0.1) is 15.9 Å². The van der Waals surface area contributed by atoms with Crippen molar-refractivity contribution < 1.29 is 14.0 Å². The molecule has 11 heteroatoms. The second-order valence-corrected chi connectivity index (χ2v) is 11.0. The van der Waals surface area contributed by atoms with E-state index in [0.29, 0.717) is 47.5 Å². The number of hydrogen-bond acceptors (Lipinski definition) is 4. The molecular weight excluding hydrogens is 522 g/mol. The molecule has 1 unspecified atom stereocenters. The minimum atomic E-state index is -0.531. The van der Waals surface area contributed by atoms with Gasteiger partial charge in [-0.1, -0.05) is 40.9 Å². The van der Waals surface area contributed by atoms with E-state index in [1.165, 1.54) is 18.2 Å². The van der Waals surface area contributed by atoms with Gasteiger partial charge in [-0.15, -0.1) is 11.8 Å². The first-order chi connectivity index (χ1) is 16.2. The van der Waals surface area contributed by atoms with Crippen molar-refractivity contribution in [1.29, 1.82) is 0 Å². The highest BCUT2D eigenvalue weighted by Gasteiger charge is 2.44. The summed E-state index contributed by atoms with van der Waals surface area (Å²) in [5.41, 5.74) is 1.38. The molecular formula is C23H24Cl3FN4O2S. The molecule has 0 aromatic heterocycles. The van der Waals surface area contributed by atoms with Gasteiger partial charge in [0.15, 0.2) is 0 Å². The summed E-state index contributed by atoms with van der Waals surface area (Å²) < 4.78 is 13.3. The van der Waals surface area contributed by atoms with E-state index in [0.717, 1.165) is 18.4 Å². The molecule has 0 bridgehead atoms. The average molecular weight is 546 g/mol. The predicted molar refractivity (Wildman–Crippen MR) is 137 cm³/mol. The lowest BCUT2D eigenvalue weighted by atomic mass is 10.0. The molecule has 2 aliphatic rings. The number of urea groups is 1. The van der Waals surface area contributed by atoms with E-state index in [1.54, 1.807) is 28.8 Å². The number of rotatable bonds is 5. The maximum atomic E-state index is 13.3. The molecule has 2 fully saturated rings. The second kappa shape index (κ2) is 10.9. The van der Waals surface area contributed by atoms with Crippen LogP contribution < -0.4 is 16.0 Å². The monoisotopic (exact) mass is 544 g/mol. The smallest absolute Gasteiger partial charge is 0.321 e. The molecule has 4 rings (SSSR count). The summed E-state index contributed by atoms with van der Waals surface area (Å²) in [6, 6.07) is 8.89. The van der Waals surface area contributed by atoms with Crippen molar-refractivity contribution in [2.45, 2.75) is 30.2 Å². The van der Waals surface area contributed by atoms with Crippen LogP contribution in [0.25, 0.3) is 0 Å². The molecule has 1 spiro atoms. The van der Waals surface area contributed by atoms with Gasteiger partial charge in [0, 0.05) is 41.1 Å². The first-order valence-electron chi connectivity index (χ1n) is 10.9. The third-order valence-electron chi connectivity index (χ3n) is 6.02. The van der Waals surface area contributed by atoms with Gasteiger partial charge in [-0.2, -0.15) is 0 Å². The van der Waals surface area contributed by atoms with Crippen molar-refractivity contribution >= 4 is 64.2 Å². The first-order valence-corrected chi connectivity index (χ1v) is 13.0. The Morgan fingerprint density at radius 2 is 1.88 bits per heavy atom. The number of nitrogens with zero attached hydrogens (tertiary/aromatic N) is 1. The van der Waals surface area contributed by atoms with Crippen LogP contribution in [0.1, 0.15) is 18.4 Å². The van der Waals surface area contributed by atoms with Crippen molar-refractivity contribution in [3.8, 4) is 0 Å². The summed E-state index contributed by atoms with van der Waals surface area (Å²) in [6.45, 7) is 1.58. The van der Waals surface area contributed by atoms with Crippen LogP contribution in [-0.4, -0.2) is 53.1 Å². The SMILES string of the molecule is O=C(NCCc1ccc(Cl)cc1Cl)C1CSC2(CCN(C(=O)Nc3ccc(F)c(Cl)c3)CC2)N1. The first kappa shape index (κ1) is 25.4. The average Bonchev–Trinajstić information content (AvgIpc) is 3.21. The molecule has 1 atom stereocenters. The molecule has 0 radical (unpaired) electrons. The molecule has 0 aliphatic carbocycles. The number of amides is 3. The Bertz CT molecular complexity index is 1080. The van der Waals surface area contributed by atoms with Crippen LogP contribution in [-0.2, 0) is 11.2 Å². The third kappa shape index (κ3) is 6.10. The molecule has 182 valence electrons. The fourth-order valence-corrected chi connectivity index (χ4v) is 6.19. The molecule has 3 N–H and O–H groups in total. The topological polar surface area (TPSA) is 73.5 Å².